The number of rotatable bonds is 3. The van der Waals surface area contributed by atoms with Gasteiger partial charge in [0.15, 0.2) is 6.23 Å². The van der Waals surface area contributed by atoms with Gasteiger partial charge in [0.1, 0.15) is 0 Å². The van der Waals surface area contributed by atoms with Crippen LogP contribution in [0.1, 0.15) is 38.2 Å². The van der Waals surface area contributed by atoms with Gasteiger partial charge >= 0.3 is 0 Å². The number of hydrogen-bond acceptors (Lipinski definition) is 3. The Morgan fingerprint density at radius 1 is 1.16 bits per heavy atom. The molecule has 0 amide bonds. The summed E-state index contributed by atoms with van der Waals surface area (Å²) >= 11 is 0. The monoisotopic (exact) mass is 258 g/mol. The Morgan fingerprint density at radius 2 is 1.84 bits per heavy atom. The van der Waals surface area contributed by atoms with E-state index in [9.17, 15) is 0 Å². The molecule has 1 fully saturated rings. The summed E-state index contributed by atoms with van der Waals surface area (Å²) in [6, 6.07) is 10.7. The molecule has 0 aliphatic carbocycles. The van der Waals surface area contributed by atoms with Crippen LogP contribution in [0.3, 0.4) is 0 Å². The first-order chi connectivity index (χ1) is 9.27. The van der Waals surface area contributed by atoms with E-state index in [1.54, 1.807) is 0 Å². The zero-order valence-electron chi connectivity index (χ0n) is 11.7. The van der Waals surface area contributed by atoms with Gasteiger partial charge in [-0.2, -0.15) is 0 Å². The molecule has 2 aliphatic heterocycles. The molecule has 3 nitrogen and oxygen atoms in total. The van der Waals surface area contributed by atoms with E-state index in [0.29, 0.717) is 11.8 Å². The zero-order chi connectivity index (χ0) is 13.2. The van der Waals surface area contributed by atoms with E-state index in [2.05, 4.69) is 54.2 Å². The smallest absolute Gasteiger partial charge is 0.193 e. The van der Waals surface area contributed by atoms with Crippen LogP contribution in [0.4, 0.5) is 0 Å². The quantitative estimate of drug-likeness (QED) is 0.831. The van der Waals surface area contributed by atoms with Crippen molar-refractivity contribution in [1.82, 2.24) is 4.90 Å². The molecule has 0 radical (unpaired) electrons. The Morgan fingerprint density at radius 3 is 2.47 bits per heavy atom. The highest BCUT2D eigenvalue weighted by Crippen LogP contribution is 2.35. The third kappa shape index (κ3) is 2.39. The van der Waals surface area contributed by atoms with E-state index in [1.165, 1.54) is 24.1 Å². The Labute approximate surface area is 115 Å². The van der Waals surface area contributed by atoms with Crippen molar-refractivity contribution in [3.8, 4) is 0 Å². The maximum Gasteiger partial charge on any atom is 0.193 e. The minimum Gasteiger partial charge on any atom is -0.375 e. The van der Waals surface area contributed by atoms with Crippen LogP contribution in [0.2, 0.25) is 0 Å². The van der Waals surface area contributed by atoms with Gasteiger partial charge in [-0.05, 0) is 24.3 Å². The molecular weight excluding hydrogens is 236 g/mol. The van der Waals surface area contributed by atoms with E-state index in [-0.39, 0.29) is 6.23 Å². The summed E-state index contributed by atoms with van der Waals surface area (Å²) in [6.07, 6.45) is 2.65. The molecule has 0 saturated carbocycles. The van der Waals surface area contributed by atoms with E-state index >= 15 is 0 Å². The first-order valence-corrected chi connectivity index (χ1v) is 7.30. The fourth-order valence-corrected chi connectivity index (χ4v) is 3.11. The predicted molar refractivity (Wildman–Crippen MR) is 77.1 cm³/mol. The molecule has 0 spiro atoms. The molecule has 3 heteroatoms. The summed E-state index contributed by atoms with van der Waals surface area (Å²) in [5.41, 5.74) is 2.51. The molecule has 19 heavy (non-hydrogen) atoms. The van der Waals surface area contributed by atoms with E-state index in [4.69, 9.17) is 4.84 Å². The number of nitrogens with zero attached hydrogens (tertiary/aromatic N) is 2. The lowest BCUT2D eigenvalue weighted by Gasteiger charge is -2.28. The van der Waals surface area contributed by atoms with Crippen molar-refractivity contribution in [2.45, 2.75) is 38.8 Å². The summed E-state index contributed by atoms with van der Waals surface area (Å²) in [5, 5.41) is 4.39. The average Bonchev–Trinajstić information content (AvgIpc) is 3.08. The number of oxime groups is 1. The van der Waals surface area contributed by atoms with Crippen molar-refractivity contribution in [3.63, 3.8) is 0 Å². The van der Waals surface area contributed by atoms with Gasteiger partial charge in [-0.1, -0.05) is 49.3 Å². The molecule has 0 N–H and O–H groups in total. The van der Waals surface area contributed by atoms with Crippen LogP contribution in [0.15, 0.2) is 35.5 Å². The molecule has 102 valence electrons. The first kappa shape index (κ1) is 12.7. The molecule has 0 bridgehead atoms. The third-order valence-electron chi connectivity index (χ3n) is 4.12. The van der Waals surface area contributed by atoms with Crippen molar-refractivity contribution in [2.75, 3.05) is 13.1 Å². The number of hydrogen-bond donors (Lipinski definition) is 0. The van der Waals surface area contributed by atoms with Gasteiger partial charge in [0.2, 0.25) is 0 Å². The van der Waals surface area contributed by atoms with Crippen LogP contribution in [0, 0.1) is 5.92 Å². The highest BCUT2D eigenvalue weighted by Gasteiger charge is 2.40. The lowest BCUT2D eigenvalue weighted by molar-refractivity contribution is -0.0340. The minimum atomic E-state index is 0.0994. The van der Waals surface area contributed by atoms with Gasteiger partial charge in [0.05, 0.1) is 11.6 Å². The van der Waals surface area contributed by atoms with Crippen LogP contribution in [0.25, 0.3) is 0 Å². The van der Waals surface area contributed by atoms with Crippen molar-refractivity contribution < 1.29 is 4.84 Å². The second-order valence-corrected chi connectivity index (χ2v) is 5.80. The van der Waals surface area contributed by atoms with Gasteiger partial charge < -0.3 is 4.84 Å². The molecule has 2 atom stereocenters. The molecule has 3 rings (SSSR count). The normalized spacial score (nSPS) is 27.6. The summed E-state index contributed by atoms with van der Waals surface area (Å²) in [7, 11) is 0. The summed E-state index contributed by atoms with van der Waals surface area (Å²) in [5.74, 6) is 0.720. The van der Waals surface area contributed by atoms with E-state index in [1.807, 2.05) is 0 Å². The van der Waals surface area contributed by atoms with Gasteiger partial charge in [0, 0.05) is 13.1 Å². The van der Waals surface area contributed by atoms with Crippen molar-refractivity contribution >= 4 is 5.71 Å². The average molecular weight is 258 g/mol. The van der Waals surface area contributed by atoms with Crippen LogP contribution in [-0.4, -0.2) is 29.9 Å². The highest BCUT2D eigenvalue weighted by molar-refractivity contribution is 5.93. The Hall–Kier alpha value is -1.35. The second-order valence-electron chi connectivity index (χ2n) is 5.80. The van der Waals surface area contributed by atoms with E-state index < -0.39 is 0 Å². The Bertz CT molecular complexity index is 449. The van der Waals surface area contributed by atoms with Crippen molar-refractivity contribution in [3.05, 3.63) is 35.9 Å². The molecule has 2 aliphatic rings. The van der Waals surface area contributed by atoms with Gasteiger partial charge in [-0.3, -0.25) is 4.90 Å². The SMILES string of the molecule is CC(C)C1=NOC(N2CCCC2)C1c1ccccc1. The summed E-state index contributed by atoms with van der Waals surface area (Å²) < 4.78 is 0. The first-order valence-electron chi connectivity index (χ1n) is 7.30. The topological polar surface area (TPSA) is 24.8 Å². The molecule has 0 aromatic heterocycles. The third-order valence-corrected chi connectivity index (χ3v) is 4.12. The second kappa shape index (κ2) is 5.33. The van der Waals surface area contributed by atoms with Crippen molar-refractivity contribution in [1.29, 1.82) is 0 Å². The zero-order valence-corrected chi connectivity index (χ0v) is 11.7. The Balaban J connectivity index is 1.90. The van der Waals surface area contributed by atoms with Crippen LogP contribution >= 0.6 is 0 Å². The van der Waals surface area contributed by atoms with Crippen LogP contribution in [0.5, 0.6) is 0 Å². The lowest BCUT2D eigenvalue weighted by atomic mass is 9.87. The van der Waals surface area contributed by atoms with Crippen LogP contribution in [-0.2, 0) is 4.84 Å². The van der Waals surface area contributed by atoms with E-state index in [0.717, 1.165) is 13.1 Å². The Kier molecular flexibility index (Phi) is 3.56. The maximum absolute atomic E-state index is 5.79. The fourth-order valence-electron chi connectivity index (χ4n) is 3.11. The minimum absolute atomic E-state index is 0.0994. The predicted octanol–water partition coefficient (Wildman–Crippen LogP) is 3.23. The molecule has 1 saturated heterocycles. The van der Waals surface area contributed by atoms with Gasteiger partial charge in [0.25, 0.3) is 0 Å². The molecule has 2 heterocycles. The number of likely N-dealkylation sites (tertiary alicyclic amines) is 1. The lowest BCUT2D eigenvalue weighted by Crippen LogP contribution is -2.39. The van der Waals surface area contributed by atoms with Crippen molar-refractivity contribution in [2.24, 2.45) is 11.1 Å². The maximum atomic E-state index is 5.79. The highest BCUT2D eigenvalue weighted by atomic mass is 16.7. The fraction of sp³-hybridized carbons (Fsp3) is 0.562. The largest absolute Gasteiger partial charge is 0.375 e. The molecule has 1 aromatic carbocycles. The summed E-state index contributed by atoms with van der Waals surface area (Å²) in [6.45, 7) is 6.67. The molecule has 1 aromatic rings. The molecule has 2 unspecified atom stereocenters. The number of benzene rings is 1. The van der Waals surface area contributed by atoms with Gasteiger partial charge in [-0.15, -0.1) is 0 Å². The standard InChI is InChI=1S/C16H22N2O/c1-12(2)15-14(13-8-4-3-5-9-13)16(19-17-15)18-10-6-7-11-18/h3-5,8-9,12,14,16H,6-7,10-11H2,1-2H3. The molecular formula is C16H22N2O. The van der Waals surface area contributed by atoms with Crippen LogP contribution < -0.4 is 0 Å². The van der Waals surface area contributed by atoms with Gasteiger partial charge in [-0.25, -0.2) is 0 Å². The summed E-state index contributed by atoms with van der Waals surface area (Å²) in [4.78, 5) is 8.23.